The van der Waals surface area contributed by atoms with Gasteiger partial charge in [-0.05, 0) is 32.9 Å². The van der Waals surface area contributed by atoms with Crippen molar-refractivity contribution >= 4 is 41.4 Å². The second-order valence-corrected chi connectivity index (χ2v) is 6.40. The highest BCUT2D eigenvalue weighted by Crippen LogP contribution is 2.31. The third kappa shape index (κ3) is 4.24. The number of hydrogen-bond acceptors (Lipinski definition) is 5. The van der Waals surface area contributed by atoms with Gasteiger partial charge in [0.1, 0.15) is 18.2 Å². The van der Waals surface area contributed by atoms with Gasteiger partial charge in [0, 0.05) is 6.20 Å². The maximum atomic E-state index is 12.8. The quantitative estimate of drug-likeness (QED) is 0.764. The van der Waals surface area contributed by atoms with Gasteiger partial charge in [0.2, 0.25) is 0 Å². The van der Waals surface area contributed by atoms with Crippen LogP contribution in [0.15, 0.2) is 18.3 Å². The molecule has 1 N–H and O–H groups in total. The molecule has 0 fully saturated rings. The zero-order chi connectivity index (χ0) is 18.1. The van der Waals surface area contributed by atoms with E-state index in [1.807, 2.05) is 0 Å². The summed E-state index contributed by atoms with van der Waals surface area (Å²) in [4.78, 5) is 29.6. The van der Waals surface area contributed by atoms with Crippen molar-refractivity contribution in [3.63, 3.8) is 0 Å². The molecule has 1 aliphatic rings. The fourth-order valence-corrected chi connectivity index (χ4v) is 2.09. The first kappa shape index (κ1) is 18.2. The summed E-state index contributed by atoms with van der Waals surface area (Å²) in [6.07, 6.45) is 0.663. The van der Waals surface area contributed by atoms with Gasteiger partial charge in [0.25, 0.3) is 5.91 Å². The summed E-state index contributed by atoms with van der Waals surface area (Å²) in [7, 11) is 17.1. The number of fused-ring (bicyclic) bond motifs is 1. The molecule has 0 saturated carbocycles. The fourth-order valence-electron chi connectivity index (χ4n) is 2.09. The van der Waals surface area contributed by atoms with Crippen LogP contribution in [0, 0.1) is 0 Å². The lowest BCUT2D eigenvalue weighted by Crippen LogP contribution is -2.60. The molecule has 1 aromatic heterocycles. The van der Waals surface area contributed by atoms with E-state index in [0.717, 1.165) is 4.90 Å². The summed E-state index contributed by atoms with van der Waals surface area (Å²) in [5.41, 5.74) is -0.720. The van der Waals surface area contributed by atoms with Crippen LogP contribution in [0.2, 0.25) is 0 Å². The minimum Gasteiger partial charge on any atom is -0.487 e. The van der Waals surface area contributed by atoms with Crippen LogP contribution in [-0.2, 0) is 9.53 Å². The molecule has 0 aliphatic carbocycles. The molecule has 120 valence electrons. The predicted molar refractivity (Wildman–Crippen MR) is 90.4 cm³/mol. The normalized spacial score (nSPS) is 18.2. The molecule has 10 heteroatoms. The van der Waals surface area contributed by atoms with Crippen LogP contribution in [0.5, 0.6) is 5.75 Å². The molecule has 2 rings (SSSR count). The molecule has 0 saturated heterocycles. The number of rotatable bonds is 2. The van der Waals surface area contributed by atoms with Crippen molar-refractivity contribution in [1.29, 1.82) is 0 Å². The number of anilines is 1. The van der Waals surface area contributed by atoms with Gasteiger partial charge in [-0.2, -0.15) is 0 Å². The molecule has 0 spiro atoms. The number of nitrogens with one attached hydrogen (secondary N) is 1. The van der Waals surface area contributed by atoms with Crippen LogP contribution in [0.25, 0.3) is 0 Å². The van der Waals surface area contributed by atoms with Gasteiger partial charge < -0.3 is 19.7 Å². The summed E-state index contributed by atoms with van der Waals surface area (Å²) >= 11 is 0. The average molecular weight is 323 g/mol. The number of alkyl carbamates (subject to hydrolysis) is 1. The number of carbonyl (C=O) groups excluding carboxylic acids is 2. The molecule has 2 amide bonds. The first-order valence-corrected chi connectivity index (χ1v) is 7.27. The van der Waals surface area contributed by atoms with Gasteiger partial charge in [0.05, 0.1) is 23.5 Å². The minimum absolute atomic E-state index is 0.0727. The Kier molecular flexibility index (Phi) is 4.87. The molecule has 6 radical (unpaired) electrons. The summed E-state index contributed by atoms with van der Waals surface area (Å²) in [6, 6.07) is 2.11. The van der Waals surface area contributed by atoms with Crippen molar-refractivity contribution in [3.8, 4) is 5.75 Å². The standard InChI is InChI=1S/C14H16B3N3O4/c1-13(2,3)24-12(22)19-8-7-23-9-5-4-6-18-10(9)20(11(8)21)14(15,16)17/h4-6,8H,7H2,1-3H3,(H,19,22)/t8-/m0/s1. The van der Waals surface area contributed by atoms with Gasteiger partial charge >= 0.3 is 6.09 Å². The summed E-state index contributed by atoms with van der Waals surface area (Å²) in [6.45, 7) is 4.96. The van der Waals surface area contributed by atoms with E-state index >= 15 is 0 Å². The van der Waals surface area contributed by atoms with Crippen LogP contribution in [0.3, 0.4) is 0 Å². The first-order valence-electron chi connectivity index (χ1n) is 7.27. The van der Waals surface area contributed by atoms with Gasteiger partial charge in [-0.15, -0.1) is 0 Å². The van der Waals surface area contributed by atoms with Crippen molar-refractivity contribution in [3.05, 3.63) is 18.3 Å². The molecule has 1 atom stereocenters. The number of nitrogens with zero attached hydrogens (tertiary/aromatic N) is 2. The van der Waals surface area contributed by atoms with Crippen LogP contribution < -0.4 is 15.0 Å². The monoisotopic (exact) mass is 323 g/mol. The Bertz CT molecular complexity index is 643. The summed E-state index contributed by atoms with van der Waals surface area (Å²) < 4.78 is 10.7. The molecule has 0 aromatic carbocycles. The Labute approximate surface area is 144 Å². The molecule has 2 heterocycles. The van der Waals surface area contributed by atoms with Crippen molar-refractivity contribution in [2.24, 2.45) is 0 Å². The van der Waals surface area contributed by atoms with E-state index < -0.39 is 28.9 Å². The van der Waals surface area contributed by atoms with E-state index in [9.17, 15) is 9.59 Å². The topological polar surface area (TPSA) is 80.8 Å². The van der Waals surface area contributed by atoms with Gasteiger partial charge in [-0.25, -0.2) is 9.78 Å². The number of hydrogen-bond donors (Lipinski definition) is 1. The third-order valence-corrected chi connectivity index (χ3v) is 2.96. The highest BCUT2D eigenvalue weighted by atomic mass is 16.6. The molecule has 1 aromatic rings. The van der Waals surface area contributed by atoms with Crippen LogP contribution in [0.1, 0.15) is 20.8 Å². The second kappa shape index (κ2) is 6.41. The maximum absolute atomic E-state index is 12.8. The smallest absolute Gasteiger partial charge is 0.408 e. The largest absolute Gasteiger partial charge is 0.487 e. The SMILES string of the molecule is [B]C([B])([B])N1C(=O)[C@@H](NC(=O)OC(C)(C)C)COc2cccnc21. The molecule has 0 bridgehead atoms. The first-order chi connectivity index (χ1) is 11.0. The summed E-state index contributed by atoms with van der Waals surface area (Å²) in [5, 5.41) is 0.404. The van der Waals surface area contributed by atoms with Gasteiger partial charge in [0.15, 0.2) is 11.6 Å². The van der Waals surface area contributed by atoms with E-state index in [4.69, 9.17) is 33.0 Å². The van der Waals surface area contributed by atoms with Crippen LogP contribution in [0.4, 0.5) is 10.6 Å². The highest BCUT2D eigenvalue weighted by molar-refractivity contribution is 6.62. The summed E-state index contributed by atoms with van der Waals surface area (Å²) in [5.74, 6) is -0.320. The lowest BCUT2D eigenvalue weighted by Gasteiger charge is -2.37. The molecule has 1 aliphatic heterocycles. The number of carbonyl (C=O) groups is 2. The lowest BCUT2D eigenvalue weighted by molar-refractivity contribution is -0.121. The molecular formula is C14H16B3N3O4. The van der Waals surface area contributed by atoms with E-state index in [0.29, 0.717) is 0 Å². The number of ether oxygens (including phenoxy) is 2. The Morgan fingerprint density at radius 2 is 2.08 bits per heavy atom. The zero-order valence-corrected chi connectivity index (χ0v) is 13.8. The van der Waals surface area contributed by atoms with Crippen LogP contribution in [-0.4, -0.2) is 64.0 Å². The highest BCUT2D eigenvalue weighted by Gasteiger charge is 2.38. The minimum atomic E-state index is -2.03. The van der Waals surface area contributed by atoms with Gasteiger partial charge in [-0.1, -0.05) is 5.24 Å². The van der Waals surface area contributed by atoms with Crippen molar-refractivity contribution in [1.82, 2.24) is 10.3 Å². The van der Waals surface area contributed by atoms with Crippen molar-refractivity contribution < 1.29 is 19.1 Å². The van der Waals surface area contributed by atoms with E-state index in [-0.39, 0.29) is 18.2 Å². The number of pyridine rings is 1. The zero-order valence-electron chi connectivity index (χ0n) is 13.8. The molecule has 7 nitrogen and oxygen atoms in total. The van der Waals surface area contributed by atoms with E-state index in [1.54, 1.807) is 32.9 Å². The Balaban J connectivity index is 2.29. The average Bonchev–Trinajstić information content (AvgIpc) is 2.54. The Morgan fingerprint density at radius 1 is 1.42 bits per heavy atom. The molecule has 0 unspecified atom stereocenters. The maximum Gasteiger partial charge on any atom is 0.408 e. The second-order valence-electron chi connectivity index (χ2n) is 6.40. The molecule has 24 heavy (non-hydrogen) atoms. The third-order valence-electron chi connectivity index (χ3n) is 2.96. The molecular weight excluding hydrogens is 307 g/mol. The Hall–Kier alpha value is -2.12. The lowest BCUT2D eigenvalue weighted by atomic mass is 9.48. The van der Waals surface area contributed by atoms with Crippen LogP contribution >= 0.6 is 0 Å². The Morgan fingerprint density at radius 3 is 2.67 bits per heavy atom. The van der Waals surface area contributed by atoms with Crippen molar-refractivity contribution in [2.75, 3.05) is 11.5 Å². The van der Waals surface area contributed by atoms with Gasteiger partial charge in [-0.3, -0.25) is 4.79 Å². The van der Waals surface area contributed by atoms with E-state index in [1.165, 1.54) is 6.20 Å². The number of aromatic nitrogens is 1. The van der Waals surface area contributed by atoms with Crippen molar-refractivity contribution in [2.45, 2.75) is 37.7 Å². The predicted octanol–water partition coefficient (Wildman–Crippen LogP) is -0.183. The van der Waals surface area contributed by atoms with E-state index in [2.05, 4.69) is 10.3 Å². The number of amides is 2. The fraction of sp³-hybridized carbons (Fsp3) is 0.500.